The van der Waals surface area contributed by atoms with Crippen molar-refractivity contribution in [2.75, 3.05) is 34.3 Å². The minimum atomic E-state index is -3.94. The van der Waals surface area contributed by atoms with Crippen molar-refractivity contribution in [3.05, 3.63) is 78.6 Å². The number of anilines is 3. The summed E-state index contributed by atoms with van der Waals surface area (Å²) in [5.74, 6) is -0.699. The fourth-order valence-electron chi connectivity index (χ4n) is 2.95. The lowest BCUT2D eigenvalue weighted by molar-refractivity contribution is -0.114. The van der Waals surface area contributed by atoms with E-state index in [0.717, 1.165) is 22.7 Å². The van der Waals surface area contributed by atoms with Crippen LogP contribution in [-0.4, -0.2) is 42.7 Å². The van der Waals surface area contributed by atoms with Crippen LogP contribution in [0.3, 0.4) is 0 Å². The maximum Gasteiger partial charge on any atom is 0.261 e. The third-order valence-corrected chi connectivity index (χ3v) is 7.11. The summed E-state index contributed by atoms with van der Waals surface area (Å²) < 4.78 is 70.9. The van der Waals surface area contributed by atoms with Gasteiger partial charge in [-0.1, -0.05) is 6.07 Å². The number of sulfonamides is 2. The summed E-state index contributed by atoms with van der Waals surface area (Å²) in [5.41, 5.74) is 0.715. The van der Waals surface area contributed by atoms with Gasteiger partial charge < -0.3 is 10.1 Å². The molecule has 0 radical (unpaired) electrons. The van der Waals surface area contributed by atoms with Crippen LogP contribution in [0.2, 0.25) is 0 Å². The number of rotatable bonds is 9. The molecule has 180 valence electrons. The molecule has 0 saturated heterocycles. The Morgan fingerprint density at radius 3 is 2.15 bits per heavy atom. The topological polar surface area (TPSA) is 122 Å². The maximum atomic E-state index is 13.0. The number of ether oxygens (including phenoxy) is 1. The molecule has 0 atom stereocenters. The second kappa shape index (κ2) is 10.1. The molecule has 12 heteroatoms. The Kier molecular flexibility index (Phi) is 7.42. The van der Waals surface area contributed by atoms with Crippen molar-refractivity contribution in [2.45, 2.75) is 4.90 Å². The van der Waals surface area contributed by atoms with Crippen LogP contribution in [0.4, 0.5) is 21.5 Å². The van der Waals surface area contributed by atoms with Gasteiger partial charge in [-0.3, -0.25) is 13.8 Å². The first-order valence-corrected chi connectivity index (χ1v) is 13.1. The Morgan fingerprint density at radius 1 is 0.941 bits per heavy atom. The predicted octanol–water partition coefficient (Wildman–Crippen LogP) is 3.04. The number of nitrogens with one attached hydrogen (secondary N) is 2. The van der Waals surface area contributed by atoms with E-state index in [9.17, 15) is 26.0 Å². The maximum absolute atomic E-state index is 13.0. The van der Waals surface area contributed by atoms with E-state index in [0.29, 0.717) is 5.75 Å². The van der Waals surface area contributed by atoms with E-state index in [1.165, 1.54) is 55.6 Å². The van der Waals surface area contributed by atoms with Gasteiger partial charge in [0.25, 0.3) is 10.0 Å². The van der Waals surface area contributed by atoms with Crippen molar-refractivity contribution >= 4 is 43.0 Å². The molecular weight excluding hydrogens is 485 g/mol. The molecule has 0 saturated carbocycles. The summed E-state index contributed by atoms with van der Waals surface area (Å²) in [6, 6.07) is 16.4. The number of carbonyl (C=O) groups is 1. The second-order valence-corrected chi connectivity index (χ2v) is 10.7. The second-order valence-electron chi connectivity index (χ2n) is 7.16. The van der Waals surface area contributed by atoms with Crippen LogP contribution in [0.15, 0.2) is 77.7 Å². The van der Waals surface area contributed by atoms with E-state index in [1.807, 2.05) is 0 Å². The van der Waals surface area contributed by atoms with Gasteiger partial charge in [-0.2, -0.15) is 0 Å². The normalized spacial score (nSPS) is 11.5. The number of methoxy groups -OCH3 is 1. The summed E-state index contributed by atoms with van der Waals surface area (Å²) in [7, 11) is -6.28. The standard InChI is InChI=1S/C22H22FN3O6S2/c1-32-20-5-3-4-19(14-20)26(33(2,28)29)15-22(27)24-17-10-12-21(13-11-17)34(30,31)25-18-8-6-16(23)7-9-18/h3-14,25H,15H2,1-2H3,(H,24,27). The number of hydrogen-bond donors (Lipinski definition) is 2. The fraction of sp³-hybridized carbons (Fsp3) is 0.136. The van der Waals surface area contributed by atoms with Gasteiger partial charge >= 0.3 is 0 Å². The molecule has 0 fully saturated rings. The molecule has 3 aromatic rings. The van der Waals surface area contributed by atoms with Crippen molar-refractivity contribution in [1.82, 2.24) is 0 Å². The number of amides is 1. The highest BCUT2D eigenvalue weighted by atomic mass is 32.2. The molecule has 9 nitrogen and oxygen atoms in total. The molecule has 2 N–H and O–H groups in total. The Bertz CT molecular complexity index is 1380. The number of hydrogen-bond acceptors (Lipinski definition) is 6. The van der Waals surface area contributed by atoms with Crippen LogP contribution in [0.25, 0.3) is 0 Å². The Labute approximate surface area is 197 Å². The Hall–Kier alpha value is -3.64. The number of halogens is 1. The molecule has 0 aliphatic heterocycles. The molecule has 0 bridgehead atoms. The van der Waals surface area contributed by atoms with Crippen LogP contribution in [-0.2, 0) is 24.8 Å². The largest absolute Gasteiger partial charge is 0.497 e. The quantitative estimate of drug-likeness (QED) is 0.459. The summed E-state index contributed by atoms with van der Waals surface area (Å²) in [5, 5.41) is 2.54. The number of benzene rings is 3. The van der Waals surface area contributed by atoms with Crippen LogP contribution in [0, 0.1) is 5.82 Å². The van der Waals surface area contributed by atoms with Gasteiger partial charge in [-0.25, -0.2) is 21.2 Å². The van der Waals surface area contributed by atoms with Gasteiger partial charge in [-0.05, 0) is 60.7 Å². The molecule has 0 aliphatic carbocycles. The summed E-state index contributed by atoms with van der Waals surface area (Å²) in [6.45, 7) is -0.502. The first-order valence-electron chi connectivity index (χ1n) is 9.78. The van der Waals surface area contributed by atoms with Gasteiger partial charge in [-0.15, -0.1) is 0 Å². The third kappa shape index (κ3) is 6.45. The van der Waals surface area contributed by atoms with Crippen molar-refractivity contribution < 1.29 is 30.8 Å². The first kappa shape index (κ1) is 25.0. The van der Waals surface area contributed by atoms with E-state index < -0.39 is 38.3 Å². The molecule has 34 heavy (non-hydrogen) atoms. The van der Waals surface area contributed by atoms with Crippen molar-refractivity contribution in [3.63, 3.8) is 0 Å². The number of nitrogens with zero attached hydrogens (tertiary/aromatic N) is 1. The zero-order valence-corrected chi connectivity index (χ0v) is 19.9. The zero-order chi connectivity index (χ0) is 24.9. The van der Waals surface area contributed by atoms with E-state index >= 15 is 0 Å². The van der Waals surface area contributed by atoms with Gasteiger partial charge in [0.1, 0.15) is 18.1 Å². The molecule has 0 aromatic heterocycles. The molecular formula is C22H22FN3O6S2. The molecule has 3 aromatic carbocycles. The Balaban J connectivity index is 1.71. The van der Waals surface area contributed by atoms with Crippen LogP contribution >= 0.6 is 0 Å². The molecule has 0 heterocycles. The summed E-state index contributed by atoms with van der Waals surface area (Å²) in [4.78, 5) is 12.5. The highest BCUT2D eigenvalue weighted by molar-refractivity contribution is 7.92. The Morgan fingerprint density at radius 2 is 1.56 bits per heavy atom. The predicted molar refractivity (Wildman–Crippen MR) is 127 cm³/mol. The van der Waals surface area contributed by atoms with Gasteiger partial charge in [0, 0.05) is 17.4 Å². The fourth-order valence-corrected chi connectivity index (χ4v) is 4.85. The lowest BCUT2D eigenvalue weighted by Crippen LogP contribution is -2.37. The minimum absolute atomic E-state index is 0.0797. The van der Waals surface area contributed by atoms with E-state index in [1.54, 1.807) is 12.1 Å². The van der Waals surface area contributed by atoms with E-state index in [2.05, 4.69) is 10.0 Å². The summed E-state index contributed by atoms with van der Waals surface area (Å²) >= 11 is 0. The lowest BCUT2D eigenvalue weighted by atomic mass is 10.3. The average molecular weight is 508 g/mol. The van der Waals surface area contributed by atoms with Gasteiger partial charge in [0.05, 0.1) is 23.9 Å². The molecule has 0 aliphatic rings. The van der Waals surface area contributed by atoms with Crippen LogP contribution < -0.4 is 19.1 Å². The molecule has 0 unspecified atom stereocenters. The van der Waals surface area contributed by atoms with Crippen molar-refractivity contribution in [2.24, 2.45) is 0 Å². The molecule has 1 amide bonds. The number of carbonyl (C=O) groups excluding carboxylic acids is 1. The van der Waals surface area contributed by atoms with Gasteiger partial charge in [0.15, 0.2) is 0 Å². The lowest BCUT2D eigenvalue weighted by Gasteiger charge is -2.22. The van der Waals surface area contributed by atoms with Crippen LogP contribution in [0.5, 0.6) is 5.75 Å². The smallest absolute Gasteiger partial charge is 0.261 e. The SMILES string of the molecule is COc1cccc(N(CC(=O)Nc2ccc(S(=O)(=O)Nc3ccc(F)cc3)cc2)S(C)(=O)=O)c1. The zero-order valence-electron chi connectivity index (χ0n) is 18.2. The summed E-state index contributed by atoms with van der Waals surface area (Å²) in [6.07, 6.45) is 0.980. The minimum Gasteiger partial charge on any atom is -0.497 e. The van der Waals surface area contributed by atoms with E-state index in [-0.39, 0.29) is 22.0 Å². The van der Waals surface area contributed by atoms with Gasteiger partial charge in [0.2, 0.25) is 15.9 Å². The molecule has 3 rings (SSSR count). The van der Waals surface area contributed by atoms with E-state index in [4.69, 9.17) is 4.74 Å². The van der Waals surface area contributed by atoms with Crippen molar-refractivity contribution in [3.8, 4) is 5.75 Å². The first-order chi connectivity index (χ1) is 16.0. The molecule has 0 spiro atoms. The average Bonchev–Trinajstić information content (AvgIpc) is 2.78. The highest BCUT2D eigenvalue weighted by Gasteiger charge is 2.22. The van der Waals surface area contributed by atoms with Crippen LogP contribution in [0.1, 0.15) is 0 Å². The highest BCUT2D eigenvalue weighted by Crippen LogP contribution is 2.23. The van der Waals surface area contributed by atoms with Crippen molar-refractivity contribution in [1.29, 1.82) is 0 Å². The third-order valence-electron chi connectivity index (χ3n) is 4.57. The monoisotopic (exact) mass is 507 g/mol.